The Balaban J connectivity index is 1.04. The van der Waals surface area contributed by atoms with Gasteiger partial charge in [-0.25, -0.2) is 0 Å². The number of carbonyl (C=O) groups excluding carboxylic acids is 5. The van der Waals surface area contributed by atoms with E-state index in [-0.39, 0.29) is 92.7 Å². The van der Waals surface area contributed by atoms with Crippen LogP contribution >= 0.6 is 0 Å². The molecule has 0 aromatic heterocycles. The van der Waals surface area contributed by atoms with Crippen LogP contribution in [0.1, 0.15) is 134 Å². The summed E-state index contributed by atoms with van der Waals surface area (Å²) in [6, 6.07) is -1.24. The molecule has 3 unspecified atom stereocenters. The smallest absolute Gasteiger partial charge is 0.311 e. The molecular formula is C59H97N3O16. The van der Waals surface area contributed by atoms with Gasteiger partial charge in [-0.2, -0.15) is 0 Å². The Labute approximate surface area is 463 Å². The number of aliphatic hydroxyl groups is 6. The highest BCUT2D eigenvalue weighted by Crippen LogP contribution is 2.67. The summed E-state index contributed by atoms with van der Waals surface area (Å²) in [5.41, 5.74) is -5.71. The average Bonchev–Trinajstić information content (AvgIpc) is 3.65. The summed E-state index contributed by atoms with van der Waals surface area (Å²) in [6.07, 6.45) is 0.566. The first-order valence-electron chi connectivity index (χ1n) is 28.8. The van der Waals surface area contributed by atoms with Crippen molar-refractivity contribution in [1.82, 2.24) is 14.7 Å². The van der Waals surface area contributed by atoms with Gasteiger partial charge in [-0.3, -0.25) is 28.9 Å². The third kappa shape index (κ3) is 12.6. The van der Waals surface area contributed by atoms with Crippen LogP contribution in [0, 0.1) is 52.3 Å². The number of ether oxygens (including phenoxy) is 5. The number of allylic oxidation sites excluding steroid dienone is 4. The molecule has 0 aromatic rings. The van der Waals surface area contributed by atoms with E-state index in [1.165, 1.54) is 13.8 Å². The van der Waals surface area contributed by atoms with Crippen molar-refractivity contribution in [3.05, 3.63) is 23.8 Å². The van der Waals surface area contributed by atoms with Gasteiger partial charge in [0.2, 0.25) is 5.78 Å². The van der Waals surface area contributed by atoms with Crippen LogP contribution in [-0.2, 0) is 47.7 Å². The first kappa shape index (κ1) is 64.0. The van der Waals surface area contributed by atoms with Crippen molar-refractivity contribution < 1.29 is 78.3 Å². The summed E-state index contributed by atoms with van der Waals surface area (Å²) >= 11 is 0. The molecule has 2 saturated carbocycles. The molecule has 2 saturated heterocycles. The maximum Gasteiger partial charge on any atom is 0.311 e. The minimum absolute atomic E-state index is 0.0185. The Morgan fingerprint density at radius 1 is 0.910 bits per heavy atom. The van der Waals surface area contributed by atoms with Crippen LogP contribution in [0.3, 0.4) is 0 Å². The standard InChI is InChI=1S/C59H97N3O16/c1-16-45-58(11,72)51(69)37(7)62(15)30-32(2)28-57(10,71)52(35(5)50(68)36(6)53(70)77-45)78-54-49(60(12)13)41(27-33(3)76-54)61(14)25-26-74-46(66)19-20-47(67)75-31-44(65)59(73)24-21-40-38-17-18-39-34(4)42(63)22-23-55(39,8)48(38)43(64)29-56(40,59)9/h18,22-23,32-38,40-41,43,45,48-52,54,64,68-69,71-73H,16-17,19-21,24-31H2,1-15H3/t32-,33-,34?,35+,36-,37-,38+,40?,41-,43+,45-,48?,49+,50+,51-,52-,54+,55+,56+,57-,58-,59+/m1/s1. The molecule has 2 heterocycles. The van der Waals surface area contributed by atoms with E-state index in [1.807, 2.05) is 76.7 Å². The highest BCUT2D eigenvalue weighted by atomic mass is 16.7. The zero-order valence-corrected chi connectivity index (χ0v) is 49.3. The third-order valence-corrected chi connectivity index (χ3v) is 20.0. The molecule has 6 rings (SSSR count). The van der Waals surface area contributed by atoms with Crippen LogP contribution in [0.5, 0.6) is 0 Å². The summed E-state index contributed by atoms with van der Waals surface area (Å²) < 4.78 is 30.3. The van der Waals surface area contributed by atoms with E-state index >= 15 is 0 Å². The van der Waals surface area contributed by atoms with E-state index in [0.717, 1.165) is 5.57 Å². The van der Waals surface area contributed by atoms with Crippen molar-refractivity contribution >= 4 is 29.5 Å². The second-order valence-corrected chi connectivity index (χ2v) is 25.9. The number of Topliss-reactive ketones (excluding diaryl/α,β-unsaturated/α-hetero) is 1. The highest BCUT2D eigenvalue weighted by Gasteiger charge is 2.68. The van der Waals surface area contributed by atoms with E-state index in [1.54, 1.807) is 33.8 Å². The molecule has 2 aliphatic heterocycles. The summed E-state index contributed by atoms with van der Waals surface area (Å²) in [7, 11) is 7.48. The van der Waals surface area contributed by atoms with Gasteiger partial charge in [-0.05, 0) is 132 Å². The molecule has 19 nitrogen and oxygen atoms in total. The van der Waals surface area contributed by atoms with Crippen LogP contribution in [0.25, 0.3) is 0 Å². The van der Waals surface area contributed by atoms with Gasteiger partial charge in [0.1, 0.15) is 30.0 Å². The molecule has 22 atom stereocenters. The molecule has 0 aromatic carbocycles. The maximum absolute atomic E-state index is 13.9. The summed E-state index contributed by atoms with van der Waals surface area (Å²) in [4.78, 5) is 72.1. The lowest BCUT2D eigenvalue weighted by atomic mass is 9.46. The van der Waals surface area contributed by atoms with Crippen molar-refractivity contribution in [2.24, 2.45) is 52.3 Å². The Morgan fingerprint density at radius 2 is 1.55 bits per heavy atom. The van der Waals surface area contributed by atoms with Crippen molar-refractivity contribution in [2.75, 3.05) is 54.5 Å². The van der Waals surface area contributed by atoms with E-state index < -0.39 is 119 Å². The molecule has 0 spiro atoms. The fraction of sp³-hybridized carbons (Fsp3) is 0.847. The average molecular weight is 1100 g/mol. The number of esters is 3. The number of hydrogen-bond acceptors (Lipinski definition) is 19. The Kier molecular flexibility index (Phi) is 20.3. The van der Waals surface area contributed by atoms with Gasteiger partial charge in [0.05, 0.1) is 54.8 Å². The van der Waals surface area contributed by atoms with Crippen molar-refractivity contribution in [3.8, 4) is 0 Å². The van der Waals surface area contributed by atoms with Crippen molar-refractivity contribution in [3.63, 3.8) is 0 Å². The third-order valence-electron chi connectivity index (χ3n) is 20.0. The highest BCUT2D eigenvalue weighted by molar-refractivity contribution is 5.95. The molecule has 0 radical (unpaired) electrons. The zero-order valence-electron chi connectivity index (χ0n) is 49.3. The van der Waals surface area contributed by atoms with Crippen LogP contribution in [0.15, 0.2) is 23.8 Å². The van der Waals surface area contributed by atoms with Gasteiger partial charge >= 0.3 is 17.9 Å². The molecule has 4 aliphatic carbocycles. The predicted octanol–water partition coefficient (Wildman–Crippen LogP) is 3.61. The number of aliphatic hydroxyl groups excluding tert-OH is 3. The van der Waals surface area contributed by atoms with Gasteiger partial charge in [0.25, 0.3) is 0 Å². The number of rotatable bonds is 14. The number of likely N-dealkylation sites (N-methyl/N-ethyl adjacent to an activating group) is 3. The number of ketones is 2. The number of carbonyl (C=O) groups is 5. The van der Waals surface area contributed by atoms with Gasteiger partial charge in [-0.1, -0.05) is 59.3 Å². The molecule has 6 N–H and O–H groups in total. The molecular weight excluding hydrogens is 1010 g/mol. The lowest BCUT2D eigenvalue weighted by molar-refractivity contribution is -0.287. The lowest BCUT2D eigenvalue weighted by Crippen LogP contribution is -2.63. The second-order valence-electron chi connectivity index (χ2n) is 25.9. The number of fused-ring (bicyclic) bond motifs is 5. The SMILES string of the molecule is CC[C@H]1OC(=O)[C@H](C)[C@@H](O)[C@H](C)[C@@H](O[C@@H]2O[C@H](C)C[C@@H](N(C)CCOC(=O)CCC(=O)OCC(=O)[C@@]3(O)CCC4[C@@H]5CC=C6C(C)C(=O)C=C[C@]6(C)C5[C@@H](O)C[C@@]43C)[C@@H]2N(C)C)[C@](C)(O)C[C@@H](C)CN(C)[C@H](C)[C@@H](O)[C@]1(C)O. The first-order valence-corrected chi connectivity index (χ1v) is 28.8. The molecule has 0 bridgehead atoms. The molecule has 19 heteroatoms. The van der Waals surface area contributed by atoms with Crippen LogP contribution in [0.2, 0.25) is 0 Å². The maximum atomic E-state index is 13.9. The van der Waals surface area contributed by atoms with Crippen LogP contribution in [0.4, 0.5) is 0 Å². The minimum Gasteiger partial charge on any atom is -0.464 e. The van der Waals surface area contributed by atoms with Gasteiger partial charge < -0.3 is 64.1 Å². The van der Waals surface area contributed by atoms with E-state index in [2.05, 4.69) is 13.0 Å². The fourth-order valence-corrected chi connectivity index (χ4v) is 15.4. The monoisotopic (exact) mass is 1100 g/mol. The largest absolute Gasteiger partial charge is 0.464 e. The molecule has 78 heavy (non-hydrogen) atoms. The van der Waals surface area contributed by atoms with E-state index in [4.69, 9.17) is 23.7 Å². The molecule has 4 fully saturated rings. The Hall–Kier alpha value is -3.21. The van der Waals surface area contributed by atoms with Crippen LogP contribution < -0.4 is 0 Å². The Morgan fingerprint density at radius 3 is 2.18 bits per heavy atom. The zero-order chi connectivity index (χ0) is 58.4. The number of hydrogen-bond donors (Lipinski definition) is 6. The van der Waals surface area contributed by atoms with Crippen molar-refractivity contribution in [1.29, 1.82) is 0 Å². The quantitative estimate of drug-likeness (QED) is 0.0825. The first-order chi connectivity index (χ1) is 36.2. The van der Waals surface area contributed by atoms with E-state index in [0.29, 0.717) is 32.4 Å². The van der Waals surface area contributed by atoms with Crippen molar-refractivity contribution in [2.45, 2.75) is 212 Å². The predicted molar refractivity (Wildman–Crippen MR) is 289 cm³/mol. The van der Waals surface area contributed by atoms with Gasteiger partial charge in [0, 0.05) is 53.8 Å². The number of cyclic esters (lactones) is 1. The van der Waals surface area contributed by atoms with E-state index in [9.17, 15) is 54.6 Å². The topological polar surface area (TPSA) is 263 Å². The lowest BCUT2D eigenvalue weighted by Gasteiger charge is -2.59. The normalized spacial score (nSPS) is 44.8. The summed E-state index contributed by atoms with van der Waals surface area (Å²) in [5, 5.41) is 71.4. The summed E-state index contributed by atoms with van der Waals surface area (Å²) in [6.45, 7) is 19.6. The molecule has 0 amide bonds. The van der Waals surface area contributed by atoms with Gasteiger partial charge in [0.15, 0.2) is 18.7 Å². The second kappa shape index (κ2) is 24.7. The molecule has 6 aliphatic rings. The molecule has 444 valence electrons. The summed E-state index contributed by atoms with van der Waals surface area (Å²) in [5.74, 6) is -5.52. The van der Waals surface area contributed by atoms with Crippen LogP contribution in [-0.4, -0.2) is 207 Å². The minimum atomic E-state index is -1.83. The fourth-order valence-electron chi connectivity index (χ4n) is 15.4. The Bertz CT molecular complexity index is 2220. The number of nitrogens with zero attached hydrogens (tertiary/aromatic N) is 3. The van der Waals surface area contributed by atoms with Gasteiger partial charge in [-0.15, -0.1) is 0 Å².